The van der Waals surface area contributed by atoms with E-state index in [2.05, 4.69) is 30.5 Å². The van der Waals surface area contributed by atoms with Crippen molar-refractivity contribution in [2.75, 3.05) is 13.1 Å². The average Bonchev–Trinajstić information content (AvgIpc) is 2.64. The van der Waals surface area contributed by atoms with Crippen LogP contribution in [-0.4, -0.2) is 24.0 Å². The van der Waals surface area contributed by atoms with E-state index in [9.17, 15) is 4.79 Å². The van der Waals surface area contributed by atoms with Crippen molar-refractivity contribution in [1.82, 2.24) is 4.90 Å². The molecule has 3 nitrogen and oxygen atoms in total. The molecule has 1 atom stereocenters. The van der Waals surface area contributed by atoms with Crippen LogP contribution in [0.25, 0.3) is 0 Å². The molecule has 24 heavy (non-hydrogen) atoms. The minimum absolute atomic E-state index is 0.149. The first-order valence-corrected chi connectivity index (χ1v) is 8.30. The van der Waals surface area contributed by atoms with Crippen molar-refractivity contribution < 1.29 is 9.53 Å². The summed E-state index contributed by atoms with van der Waals surface area (Å²) in [6, 6.07) is 20.1. The second-order valence-electron chi connectivity index (χ2n) is 5.78. The van der Waals surface area contributed by atoms with Crippen LogP contribution in [0.1, 0.15) is 30.5 Å². The van der Waals surface area contributed by atoms with Gasteiger partial charge in [0.25, 0.3) is 0 Å². The first-order chi connectivity index (χ1) is 11.7. The molecule has 126 valence electrons. The first kappa shape index (κ1) is 18.0. The molecule has 2 aromatic rings. The predicted molar refractivity (Wildman–Crippen MR) is 97.5 cm³/mol. The summed E-state index contributed by atoms with van der Waals surface area (Å²) in [5, 5.41) is 0. The Morgan fingerprint density at radius 2 is 1.75 bits per heavy atom. The summed E-state index contributed by atoms with van der Waals surface area (Å²) in [5.41, 5.74) is 2.19. The normalized spacial score (nSPS) is 11.9. The molecular weight excluding hydrogens is 298 g/mol. The lowest BCUT2D eigenvalue weighted by atomic mass is 10.1. The molecule has 0 aliphatic carbocycles. The molecule has 2 rings (SSSR count). The van der Waals surface area contributed by atoms with E-state index in [-0.39, 0.29) is 18.6 Å². The van der Waals surface area contributed by atoms with Crippen molar-refractivity contribution in [2.45, 2.75) is 26.0 Å². The van der Waals surface area contributed by atoms with E-state index in [0.29, 0.717) is 6.61 Å². The third kappa shape index (κ3) is 5.67. The minimum atomic E-state index is -0.203. The Balaban J connectivity index is 1.94. The maximum absolute atomic E-state index is 12.2. The number of esters is 1. The fourth-order valence-electron chi connectivity index (χ4n) is 2.56. The lowest BCUT2D eigenvalue weighted by Crippen LogP contribution is -2.34. The van der Waals surface area contributed by atoms with Crippen LogP contribution in [0.15, 0.2) is 73.3 Å². The van der Waals surface area contributed by atoms with Crippen LogP contribution in [-0.2, 0) is 16.1 Å². The van der Waals surface area contributed by atoms with E-state index in [4.69, 9.17) is 4.74 Å². The van der Waals surface area contributed by atoms with Gasteiger partial charge in [-0.25, -0.2) is 0 Å². The molecule has 0 aliphatic heterocycles. The SMILES string of the molecule is C=CCCN(CC(=O)OCc1ccccc1)[C@H](C)c1ccccc1. The van der Waals surface area contributed by atoms with Gasteiger partial charge in [0.05, 0.1) is 6.54 Å². The zero-order valence-electron chi connectivity index (χ0n) is 14.2. The Morgan fingerprint density at radius 3 is 2.38 bits per heavy atom. The van der Waals surface area contributed by atoms with Crippen LogP contribution in [0.3, 0.4) is 0 Å². The van der Waals surface area contributed by atoms with Crippen molar-refractivity contribution in [3.05, 3.63) is 84.4 Å². The topological polar surface area (TPSA) is 29.5 Å². The van der Waals surface area contributed by atoms with E-state index in [0.717, 1.165) is 18.5 Å². The first-order valence-electron chi connectivity index (χ1n) is 8.30. The van der Waals surface area contributed by atoms with Gasteiger partial charge in [0.15, 0.2) is 0 Å². The lowest BCUT2D eigenvalue weighted by Gasteiger charge is -2.28. The van der Waals surface area contributed by atoms with Crippen LogP contribution in [0.4, 0.5) is 0 Å². The summed E-state index contributed by atoms with van der Waals surface area (Å²) in [7, 11) is 0. The molecule has 0 bridgehead atoms. The second kappa shape index (κ2) is 9.68. The Hall–Kier alpha value is -2.39. The van der Waals surface area contributed by atoms with Gasteiger partial charge >= 0.3 is 5.97 Å². The highest BCUT2D eigenvalue weighted by Gasteiger charge is 2.19. The number of hydrogen-bond donors (Lipinski definition) is 0. The highest BCUT2D eigenvalue weighted by molar-refractivity contribution is 5.71. The van der Waals surface area contributed by atoms with E-state index >= 15 is 0 Å². The lowest BCUT2D eigenvalue weighted by molar-refractivity contribution is -0.146. The number of carbonyl (C=O) groups excluding carboxylic acids is 1. The smallest absolute Gasteiger partial charge is 0.320 e. The largest absolute Gasteiger partial charge is 0.460 e. The fourth-order valence-corrected chi connectivity index (χ4v) is 2.56. The molecule has 0 fully saturated rings. The summed E-state index contributed by atoms with van der Waals surface area (Å²) in [6.07, 6.45) is 2.71. The van der Waals surface area contributed by atoms with Gasteiger partial charge in [-0.2, -0.15) is 0 Å². The van der Waals surface area contributed by atoms with Crippen molar-refractivity contribution >= 4 is 5.97 Å². The Morgan fingerprint density at radius 1 is 1.12 bits per heavy atom. The van der Waals surface area contributed by atoms with E-state index < -0.39 is 0 Å². The summed E-state index contributed by atoms with van der Waals surface area (Å²) < 4.78 is 5.42. The van der Waals surface area contributed by atoms with Gasteiger partial charge in [0.2, 0.25) is 0 Å². The van der Waals surface area contributed by atoms with Crippen molar-refractivity contribution in [1.29, 1.82) is 0 Å². The molecule has 0 spiro atoms. The summed E-state index contributed by atoms with van der Waals surface area (Å²) in [4.78, 5) is 14.4. The average molecular weight is 323 g/mol. The van der Waals surface area contributed by atoms with Crippen molar-refractivity contribution in [3.63, 3.8) is 0 Å². The van der Waals surface area contributed by atoms with Gasteiger partial charge in [-0.05, 0) is 24.5 Å². The number of carbonyl (C=O) groups is 1. The standard InChI is InChI=1S/C21H25NO2/c1-3-4-15-22(18(2)20-13-9-6-10-14-20)16-21(23)24-17-19-11-7-5-8-12-19/h3,5-14,18H,1,4,15-17H2,2H3/t18-/m1/s1. The van der Waals surface area contributed by atoms with E-state index in [1.54, 1.807) is 0 Å². The van der Waals surface area contributed by atoms with Crippen LogP contribution >= 0.6 is 0 Å². The van der Waals surface area contributed by atoms with E-state index in [1.807, 2.05) is 54.6 Å². The van der Waals surface area contributed by atoms with Gasteiger partial charge in [-0.15, -0.1) is 6.58 Å². The second-order valence-corrected chi connectivity index (χ2v) is 5.78. The predicted octanol–water partition coefficient (Wildman–Crippen LogP) is 4.37. The zero-order valence-corrected chi connectivity index (χ0v) is 14.2. The monoisotopic (exact) mass is 323 g/mol. The molecule has 3 heteroatoms. The molecular formula is C21H25NO2. The van der Waals surface area contributed by atoms with Gasteiger partial charge in [0, 0.05) is 12.6 Å². The molecule has 0 saturated heterocycles. The van der Waals surface area contributed by atoms with Crippen LogP contribution in [0.2, 0.25) is 0 Å². The Bertz CT molecular complexity index is 625. The maximum atomic E-state index is 12.2. The summed E-state index contributed by atoms with van der Waals surface area (Å²) in [6.45, 7) is 7.26. The third-order valence-corrected chi connectivity index (χ3v) is 4.02. The quantitative estimate of drug-likeness (QED) is 0.507. The van der Waals surface area contributed by atoms with Crippen molar-refractivity contribution in [2.24, 2.45) is 0 Å². The molecule has 0 saturated carbocycles. The van der Waals surface area contributed by atoms with Gasteiger partial charge in [0.1, 0.15) is 6.61 Å². The number of ether oxygens (including phenoxy) is 1. The highest BCUT2D eigenvalue weighted by atomic mass is 16.5. The third-order valence-electron chi connectivity index (χ3n) is 4.02. The fraction of sp³-hybridized carbons (Fsp3) is 0.286. The Labute approximate surface area is 144 Å². The summed E-state index contributed by atoms with van der Waals surface area (Å²) in [5.74, 6) is -0.203. The molecule has 2 aromatic carbocycles. The molecule has 0 radical (unpaired) electrons. The number of hydrogen-bond acceptors (Lipinski definition) is 3. The number of rotatable bonds is 9. The van der Waals surface area contributed by atoms with Gasteiger partial charge in [-0.1, -0.05) is 66.7 Å². The summed E-state index contributed by atoms with van der Waals surface area (Å²) >= 11 is 0. The highest BCUT2D eigenvalue weighted by Crippen LogP contribution is 2.20. The van der Waals surface area contributed by atoms with Crippen LogP contribution < -0.4 is 0 Å². The minimum Gasteiger partial charge on any atom is -0.460 e. The molecule has 0 unspecified atom stereocenters. The van der Waals surface area contributed by atoms with Crippen LogP contribution in [0.5, 0.6) is 0 Å². The number of benzene rings is 2. The van der Waals surface area contributed by atoms with Crippen molar-refractivity contribution in [3.8, 4) is 0 Å². The molecule has 0 aliphatic rings. The van der Waals surface area contributed by atoms with E-state index in [1.165, 1.54) is 5.56 Å². The zero-order chi connectivity index (χ0) is 17.2. The van der Waals surface area contributed by atoms with Gasteiger partial charge < -0.3 is 4.74 Å². The van der Waals surface area contributed by atoms with Crippen LogP contribution in [0, 0.1) is 0 Å². The maximum Gasteiger partial charge on any atom is 0.320 e. The molecule has 0 N–H and O–H groups in total. The molecule has 0 amide bonds. The number of nitrogens with zero attached hydrogens (tertiary/aromatic N) is 1. The molecule has 0 aromatic heterocycles. The Kier molecular flexibility index (Phi) is 7.24. The van der Waals surface area contributed by atoms with Gasteiger partial charge in [-0.3, -0.25) is 9.69 Å². The molecule has 0 heterocycles.